The van der Waals surface area contributed by atoms with Crippen LogP contribution in [0.4, 0.5) is 11.5 Å². The van der Waals surface area contributed by atoms with Gasteiger partial charge in [-0.05, 0) is 55.3 Å². The summed E-state index contributed by atoms with van der Waals surface area (Å²) in [6, 6.07) is 20.3. The van der Waals surface area contributed by atoms with Crippen molar-refractivity contribution in [3.05, 3.63) is 84.1 Å². The molecule has 0 spiro atoms. The number of carbonyl (C=O) groups is 2. The maximum Gasteiger partial charge on any atom is 0.231 e. The summed E-state index contributed by atoms with van der Waals surface area (Å²) in [5.41, 5.74) is 2.78. The van der Waals surface area contributed by atoms with E-state index in [0.29, 0.717) is 18.7 Å². The normalized spacial score (nSPS) is 18.5. The Kier molecular flexibility index (Phi) is 5.98. The summed E-state index contributed by atoms with van der Waals surface area (Å²) in [6.07, 6.45) is 2.41. The highest BCUT2D eigenvalue weighted by atomic mass is 16.5. The molecule has 2 unspecified atom stereocenters. The van der Waals surface area contributed by atoms with Crippen LogP contribution in [-0.4, -0.2) is 23.9 Å². The molecular formula is C25H25N3O3. The third-order valence-corrected chi connectivity index (χ3v) is 5.62. The summed E-state index contributed by atoms with van der Waals surface area (Å²) in [7, 11) is 1.61. The van der Waals surface area contributed by atoms with Crippen LogP contribution in [0.5, 0.6) is 5.75 Å². The number of amides is 2. The molecule has 0 radical (unpaired) electrons. The molecule has 1 fully saturated rings. The van der Waals surface area contributed by atoms with Crippen molar-refractivity contribution in [3.63, 3.8) is 0 Å². The summed E-state index contributed by atoms with van der Waals surface area (Å²) in [6.45, 7) is 2.01. The molecule has 2 atom stereocenters. The van der Waals surface area contributed by atoms with Crippen molar-refractivity contribution < 1.29 is 14.3 Å². The zero-order valence-corrected chi connectivity index (χ0v) is 17.6. The summed E-state index contributed by atoms with van der Waals surface area (Å²) >= 11 is 0. The van der Waals surface area contributed by atoms with Gasteiger partial charge in [-0.1, -0.05) is 35.9 Å². The fourth-order valence-electron chi connectivity index (χ4n) is 4.01. The van der Waals surface area contributed by atoms with Gasteiger partial charge >= 0.3 is 0 Å². The Morgan fingerprint density at radius 2 is 1.81 bits per heavy atom. The van der Waals surface area contributed by atoms with Gasteiger partial charge in [0.15, 0.2) is 0 Å². The number of hydrogen-bond acceptors (Lipinski definition) is 4. The molecule has 0 saturated carbocycles. The Hall–Kier alpha value is -3.67. The molecule has 158 valence electrons. The Morgan fingerprint density at radius 3 is 2.45 bits per heavy atom. The first-order valence-corrected chi connectivity index (χ1v) is 10.3. The van der Waals surface area contributed by atoms with E-state index in [-0.39, 0.29) is 11.8 Å². The van der Waals surface area contributed by atoms with Crippen LogP contribution in [0.2, 0.25) is 0 Å². The zero-order valence-electron chi connectivity index (χ0n) is 17.6. The average molecular weight is 415 g/mol. The Balaban J connectivity index is 1.74. The molecule has 2 heterocycles. The van der Waals surface area contributed by atoms with Gasteiger partial charge in [0, 0.05) is 18.3 Å². The lowest BCUT2D eigenvalue weighted by molar-refractivity contribution is -0.125. The van der Waals surface area contributed by atoms with Crippen LogP contribution in [0.3, 0.4) is 0 Å². The lowest BCUT2D eigenvalue weighted by atomic mass is 9.83. The number of anilines is 2. The summed E-state index contributed by atoms with van der Waals surface area (Å²) in [5, 5.41) is 2.92. The first-order chi connectivity index (χ1) is 15.1. The monoisotopic (exact) mass is 415 g/mol. The van der Waals surface area contributed by atoms with Crippen LogP contribution in [0.15, 0.2) is 72.9 Å². The maximum atomic E-state index is 13.3. The molecule has 1 aliphatic rings. The van der Waals surface area contributed by atoms with Crippen LogP contribution in [-0.2, 0) is 9.59 Å². The van der Waals surface area contributed by atoms with Gasteiger partial charge < -0.3 is 15.0 Å². The van der Waals surface area contributed by atoms with Gasteiger partial charge in [-0.25, -0.2) is 4.98 Å². The number of ether oxygens (including phenoxy) is 1. The van der Waals surface area contributed by atoms with Crippen molar-refractivity contribution in [3.8, 4) is 5.75 Å². The van der Waals surface area contributed by atoms with Crippen molar-refractivity contribution in [2.75, 3.05) is 17.3 Å². The van der Waals surface area contributed by atoms with Crippen LogP contribution >= 0.6 is 0 Å². The first-order valence-electron chi connectivity index (χ1n) is 10.3. The average Bonchev–Trinajstić information content (AvgIpc) is 2.80. The number of aromatic nitrogens is 1. The van der Waals surface area contributed by atoms with E-state index in [1.54, 1.807) is 30.3 Å². The van der Waals surface area contributed by atoms with Crippen LogP contribution < -0.4 is 15.0 Å². The topological polar surface area (TPSA) is 71.5 Å². The predicted molar refractivity (Wildman–Crippen MR) is 120 cm³/mol. The van der Waals surface area contributed by atoms with E-state index in [4.69, 9.17) is 4.74 Å². The van der Waals surface area contributed by atoms with Gasteiger partial charge in [0.2, 0.25) is 11.8 Å². The van der Waals surface area contributed by atoms with Gasteiger partial charge in [0.1, 0.15) is 11.6 Å². The largest absolute Gasteiger partial charge is 0.497 e. The minimum Gasteiger partial charge on any atom is -0.497 e. The third-order valence-electron chi connectivity index (χ3n) is 5.62. The number of nitrogens with zero attached hydrogens (tertiary/aromatic N) is 2. The second-order valence-corrected chi connectivity index (χ2v) is 7.67. The summed E-state index contributed by atoms with van der Waals surface area (Å²) < 4.78 is 5.29. The maximum absolute atomic E-state index is 13.3. The van der Waals surface area contributed by atoms with Crippen LogP contribution in [0.1, 0.15) is 30.0 Å². The number of rotatable bonds is 5. The molecule has 0 aliphatic carbocycles. The van der Waals surface area contributed by atoms with E-state index < -0.39 is 12.0 Å². The lowest BCUT2D eigenvalue weighted by Gasteiger charge is -2.41. The van der Waals surface area contributed by atoms with Crippen molar-refractivity contribution in [2.24, 2.45) is 5.92 Å². The van der Waals surface area contributed by atoms with E-state index in [1.165, 1.54) is 0 Å². The van der Waals surface area contributed by atoms with Crippen molar-refractivity contribution >= 4 is 23.3 Å². The lowest BCUT2D eigenvalue weighted by Crippen LogP contribution is -2.47. The minimum atomic E-state index is -0.432. The molecule has 4 rings (SSSR count). The Morgan fingerprint density at radius 1 is 1.06 bits per heavy atom. The number of nitrogens with one attached hydrogen (secondary N) is 1. The molecule has 2 amide bonds. The summed E-state index contributed by atoms with van der Waals surface area (Å²) in [4.78, 5) is 32.3. The second kappa shape index (κ2) is 9.00. The molecule has 1 aromatic heterocycles. The fourth-order valence-corrected chi connectivity index (χ4v) is 4.01. The first kappa shape index (κ1) is 20.6. The van der Waals surface area contributed by atoms with Crippen molar-refractivity contribution in [2.45, 2.75) is 25.8 Å². The number of methoxy groups -OCH3 is 1. The zero-order chi connectivity index (χ0) is 21.8. The molecule has 31 heavy (non-hydrogen) atoms. The molecule has 1 N–H and O–H groups in total. The summed E-state index contributed by atoms with van der Waals surface area (Å²) in [5.74, 6) is 0.659. The highest BCUT2D eigenvalue weighted by Crippen LogP contribution is 2.41. The van der Waals surface area contributed by atoms with Crippen LogP contribution in [0.25, 0.3) is 0 Å². The molecule has 2 aromatic carbocycles. The highest BCUT2D eigenvalue weighted by molar-refractivity contribution is 6.00. The number of hydrogen-bond donors (Lipinski definition) is 1. The molecule has 6 nitrogen and oxygen atoms in total. The van der Waals surface area contributed by atoms with E-state index in [2.05, 4.69) is 10.3 Å². The van der Waals surface area contributed by atoms with E-state index in [9.17, 15) is 9.59 Å². The SMILES string of the molecule is COc1ccc(C2C(C(=O)Nc3ccccn3)CCC(=O)N2c2ccc(C)cc2)cc1. The van der Waals surface area contributed by atoms with Gasteiger partial charge in [-0.15, -0.1) is 0 Å². The van der Waals surface area contributed by atoms with E-state index >= 15 is 0 Å². The van der Waals surface area contributed by atoms with Gasteiger partial charge in [-0.3, -0.25) is 9.59 Å². The predicted octanol–water partition coefficient (Wildman–Crippen LogP) is 4.52. The number of carbonyl (C=O) groups excluding carboxylic acids is 2. The Bertz CT molecular complexity index is 1050. The molecule has 3 aromatic rings. The van der Waals surface area contributed by atoms with Gasteiger partial charge in [-0.2, -0.15) is 0 Å². The van der Waals surface area contributed by atoms with E-state index in [0.717, 1.165) is 22.6 Å². The number of piperidine rings is 1. The third kappa shape index (κ3) is 4.43. The number of benzene rings is 2. The molecule has 0 bridgehead atoms. The quantitative estimate of drug-likeness (QED) is 0.665. The fraction of sp³-hybridized carbons (Fsp3) is 0.240. The molecule has 1 saturated heterocycles. The number of pyridine rings is 1. The highest BCUT2D eigenvalue weighted by Gasteiger charge is 2.41. The second-order valence-electron chi connectivity index (χ2n) is 7.67. The van der Waals surface area contributed by atoms with Gasteiger partial charge in [0.25, 0.3) is 0 Å². The van der Waals surface area contributed by atoms with Crippen molar-refractivity contribution in [1.29, 1.82) is 0 Å². The molecular weight excluding hydrogens is 390 g/mol. The molecule has 1 aliphatic heterocycles. The standard InChI is InChI=1S/C25H25N3O3/c1-17-6-10-19(11-7-17)28-23(29)15-14-21(25(30)27-22-5-3-4-16-26-22)24(28)18-8-12-20(31-2)13-9-18/h3-13,16,21,24H,14-15H2,1-2H3,(H,26,27,30). The van der Waals surface area contributed by atoms with E-state index in [1.807, 2.05) is 61.5 Å². The smallest absolute Gasteiger partial charge is 0.231 e. The van der Waals surface area contributed by atoms with Gasteiger partial charge in [0.05, 0.1) is 19.1 Å². The Labute approximate surface area is 181 Å². The minimum absolute atomic E-state index is 0.00607. The van der Waals surface area contributed by atoms with Crippen molar-refractivity contribution in [1.82, 2.24) is 4.98 Å². The molecule has 6 heteroatoms. The van der Waals surface area contributed by atoms with Crippen LogP contribution in [0, 0.1) is 12.8 Å². The number of aryl methyl sites for hydroxylation is 1.